The van der Waals surface area contributed by atoms with Gasteiger partial charge in [-0.3, -0.25) is 0 Å². The number of thiazole rings is 1. The van der Waals surface area contributed by atoms with Crippen molar-refractivity contribution in [1.29, 1.82) is 0 Å². The SMILES string of the molecule is CC(C)O/N=C1/c2ccccc2-c2ccc(CCCC(C)(C)Cc3csc(C(C)C)n3)cc21. The van der Waals surface area contributed by atoms with Crippen LogP contribution < -0.4 is 0 Å². The monoisotopic (exact) mass is 460 g/mol. The average Bonchev–Trinajstić information content (AvgIpc) is 3.34. The molecule has 1 heterocycles. The maximum Gasteiger partial charge on any atom is 0.122 e. The Hall–Kier alpha value is -2.46. The fourth-order valence-electron chi connectivity index (χ4n) is 4.52. The smallest absolute Gasteiger partial charge is 0.122 e. The lowest BCUT2D eigenvalue weighted by Crippen LogP contribution is -2.15. The van der Waals surface area contributed by atoms with E-state index < -0.39 is 0 Å². The molecule has 3 aromatic rings. The fourth-order valence-corrected chi connectivity index (χ4v) is 5.36. The van der Waals surface area contributed by atoms with Crippen molar-refractivity contribution in [3.05, 3.63) is 75.2 Å². The van der Waals surface area contributed by atoms with Crippen LogP contribution in [0.5, 0.6) is 0 Å². The van der Waals surface area contributed by atoms with Crippen molar-refractivity contribution in [2.75, 3.05) is 0 Å². The van der Waals surface area contributed by atoms with Crippen LogP contribution >= 0.6 is 11.3 Å². The maximum atomic E-state index is 5.66. The van der Waals surface area contributed by atoms with Gasteiger partial charge in [-0.2, -0.15) is 0 Å². The van der Waals surface area contributed by atoms with E-state index in [4.69, 9.17) is 9.82 Å². The molecule has 0 unspecified atom stereocenters. The lowest BCUT2D eigenvalue weighted by Gasteiger charge is -2.23. The molecule has 0 bridgehead atoms. The number of hydrogen-bond donors (Lipinski definition) is 0. The van der Waals surface area contributed by atoms with Gasteiger partial charge >= 0.3 is 0 Å². The lowest BCUT2D eigenvalue weighted by atomic mass is 9.82. The quantitative estimate of drug-likeness (QED) is 0.237. The third-order valence-corrected chi connectivity index (χ3v) is 7.40. The number of nitrogens with zero attached hydrogens (tertiary/aromatic N) is 2. The molecule has 0 amide bonds. The molecule has 0 atom stereocenters. The van der Waals surface area contributed by atoms with Gasteiger partial charge in [0.25, 0.3) is 0 Å². The highest BCUT2D eigenvalue weighted by Crippen LogP contribution is 2.38. The van der Waals surface area contributed by atoms with Crippen molar-refractivity contribution in [1.82, 2.24) is 4.98 Å². The van der Waals surface area contributed by atoms with Gasteiger partial charge in [0.2, 0.25) is 0 Å². The Morgan fingerprint density at radius 2 is 1.70 bits per heavy atom. The Bertz CT molecular complexity index is 1140. The predicted molar refractivity (Wildman–Crippen MR) is 140 cm³/mol. The van der Waals surface area contributed by atoms with E-state index in [1.807, 2.05) is 13.8 Å². The number of aryl methyl sites for hydroxylation is 1. The second-order valence-electron chi connectivity index (χ2n) is 10.5. The van der Waals surface area contributed by atoms with Crippen LogP contribution in [0.1, 0.15) is 87.7 Å². The van der Waals surface area contributed by atoms with Gasteiger partial charge in [-0.15, -0.1) is 11.3 Å². The molecule has 4 heteroatoms. The zero-order valence-corrected chi connectivity index (χ0v) is 21.6. The first-order valence-electron chi connectivity index (χ1n) is 12.1. The van der Waals surface area contributed by atoms with Gasteiger partial charge < -0.3 is 4.84 Å². The van der Waals surface area contributed by atoms with Crippen LogP contribution in [0.2, 0.25) is 0 Å². The molecule has 174 valence electrons. The minimum absolute atomic E-state index is 0.0634. The van der Waals surface area contributed by atoms with E-state index in [9.17, 15) is 0 Å². The van der Waals surface area contributed by atoms with E-state index in [1.54, 1.807) is 11.3 Å². The van der Waals surface area contributed by atoms with Crippen molar-refractivity contribution >= 4 is 17.0 Å². The van der Waals surface area contributed by atoms with Crippen molar-refractivity contribution < 1.29 is 4.84 Å². The van der Waals surface area contributed by atoms with E-state index in [-0.39, 0.29) is 11.5 Å². The molecule has 0 fully saturated rings. The van der Waals surface area contributed by atoms with Gasteiger partial charge in [0.1, 0.15) is 11.8 Å². The van der Waals surface area contributed by atoms with E-state index in [0.29, 0.717) is 5.92 Å². The summed E-state index contributed by atoms with van der Waals surface area (Å²) in [6.07, 6.45) is 4.51. The summed E-state index contributed by atoms with van der Waals surface area (Å²) in [6.45, 7) is 13.2. The molecule has 1 aliphatic carbocycles. The molecule has 0 N–H and O–H groups in total. The number of rotatable bonds is 9. The Kier molecular flexibility index (Phi) is 7.04. The third kappa shape index (κ3) is 5.55. The molecule has 0 aliphatic heterocycles. The molecule has 1 aromatic heterocycles. The first-order valence-corrected chi connectivity index (χ1v) is 13.0. The molecule has 3 nitrogen and oxygen atoms in total. The predicted octanol–water partition coefficient (Wildman–Crippen LogP) is 8.02. The number of fused-ring (bicyclic) bond motifs is 3. The number of benzene rings is 2. The van der Waals surface area contributed by atoms with Gasteiger partial charge in [-0.1, -0.05) is 69.2 Å². The molecule has 4 rings (SSSR count). The first-order chi connectivity index (χ1) is 15.7. The molecular weight excluding hydrogens is 424 g/mol. The van der Waals surface area contributed by atoms with Crippen LogP contribution in [0.25, 0.3) is 11.1 Å². The molecule has 0 radical (unpaired) electrons. The van der Waals surface area contributed by atoms with Crippen molar-refractivity contribution in [3.8, 4) is 11.1 Å². The molecule has 33 heavy (non-hydrogen) atoms. The van der Waals surface area contributed by atoms with Gasteiger partial charge in [0.05, 0.1) is 10.7 Å². The van der Waals surface area contributed by atoms with Crippen molar-refractivity contribution in [2.45, 2.75) is 79.2 Å². The molecular formula is C29H36N2OS. The van der Waals surface area contributed by atoms with Crippen LogP contribution in [0.4, 0.5) is 0 Å². The van der Waals surface area contributed by atoms with E-state index in [0.717, 1.165) is 30.5 Å². The van der Waals surface area contributed by atoms with Crippen molar-refractivity contribution in [3.63, 3.8) is 0 Å². The summed E-state index contributed by atoms with van der Waals surface area (Å²) in [7, 11) is 0. The van der Waals surface area contributed by atoms with Gasteiger partial charge in [-0.25, -0.2) is 4.98 Å². The number of hydrogen-bond acceptors (Lipinski definition) is 4. The second kappa shape index (κ2) is 9.80. The van der Waals surface area contributed by atoms with Gasteiger partial charge in [-0.05, 0) is 67.7 Å². The minimum atomic E-state index is 0.0634. The standard InChI is InChI=1S/C29H36N2OS/c1-19(2)28-30-22(18-33-28)17-29(5,6)15-9-10-21-13-14-24-23-11-7-8-12-25(23)27(26(24)16-21)31-32-20(3)4/h7-8,11-14,16,18-20H,9-10,15,17H2,1-6H3/b31-27-. The third-order valence-electron chi connectivity index (χ3n) is 6.21. The van der Waals surface area contributed by atoms with Crippen molar-refractivity contribution in [2.24, 2.45) is 10.6 Å². The number of aromatic nitrogens is 1. The van der Waals surface area contributed by atoms with Gasteiger partial charge in [0.15, 0.2) is 0 Å². The molecule has 2 aromatic carbocycles. The summed E-state index contributed by atoms with van der Waals surface area (Å²) in [6, 6.07) is 15.3. The fraction of sp³-hybridized carbons (Fsp3) is 0.448. The minimum Gasteiger partial charge on any atom is -0.393 e. The summed E-state index contributed by atoms with van der Waals surface area (Å²) in [4.78, 5) is 10.5. The van der Waals surface area contributed by atoms with Gasteiger partial charge in [0, 0.05) is 22.4 Å². The Morgan fingerprint density at radius 1 is 0.970 bits per heavy atom. The topological polar surface area (TPSA) is 34.5 Å². The highest BCUT2D eigenvalue weighted by Gasteiger charge is 2.26. The molecule has 0 saturated heterocycles. The van der Waals surface area contributed by atoms with E-state index >= 15 is 0 Å². The number of oxime groups is 1. The van der Waals surface area contributed by atoms with Crippen LogP contribution in [0.3, 0.4) is 0 Å². The highest BCUT2D eigenvalue weighted by molar-refractivity contribution is 7.09. The highest BCUT2D eigenvalue weighted by atomic mass is 32.1. The summed E-state index contributed by atoms with van der Waals surface area (Å²) < 4.78 is 0. The summed E-state index contributed by atoms with van der Waals surface area (Å²) >= 11 is 1.80. The van der Waals surface area contributed by atoms with Crippen LogP contribution in [0, 0.1) is 5.41 Å². The summed E-state index contributed by atoms with van der Waals surface area (Å²) in [5, 5.41) is 8.03. The average molecular weight is 461 g/mol. The maximum absolute atomic E-state index is 5.66. The zero-order valence-electron chi connectivity index (χ0n) is 20.8. The molecule has 0 saturated carbocycles. The Balaban J connectivity index is 1.44. The van der Waals surface area contributed by atoms with Crippen LogP contribution in [0.15, 0.2) is 53.0 Å². The Labute approximate surface area is 202 Å². The zero-order chi connectivity index (χ0) is 23.6. The summed E-state index contributed by atoms with van der Waals surface area (Å²) in [5.41, 5.74) is 8.67. The molecule has 1 aliphatic rings. The summed E-state index contributed by atoms with van der Waals surface area (Å²) in [5.74, 6) is 0.511. The Morgan fingerprint density at radius 3 is 2.39 bits per heavy atom. The second-order valence-corrected chi connectivity index (χ2v) is 11.4. The lowest BCUT2D eigenvalue weighted by molar-refractivity contribution is 0.0863. The first kappa shape index (κ1) is 23.7. The van der Waals surface area contributed by atoms with E-state index in [1.165, 1.54) is 39.4 Å². The largest absolute Gasteiger partial charge is 0.393 e. The van der Waals surface area contributed by atoms with E-state index in [2.05, 4.69) is 80.7 Å². The normalized spacial score (nSPS) is 14.2. The van der Waals surface area contributed by atoms with Crippen LogP contribution in [-0.2, 0) is 17.7 Å². The van der Waals surface area contributed by atoms with Crippen LogP contribution in [-0.4, -0.2) is 16.8 Å². The molecule has 0 spiro atoms.